The number of nitrogens with zero attached hydrogens (tertiary/aromatic N) is 4. The van der Waals surface area contributed by atoms with Crippen molar-refractivity contribution < 1.29 is 9.53 Å². The summed E-state index contributed by atoms with van der Waals surface area (Å²) in [6.45, 7) is 9.73. The Balaban J connectivity index is 1.39. The summed E-state index contributed by atoms with van der Waals surface area (Å²) in [5.74, 6) is 2.39. The number of benzene rings is 1. The van der Waals surface area contributed by atoms with Crippen LogP contribution in [0.1, 0.15) is 47.0 Å². The molecule has 1 heterocycles. The molecule has 1 aromatic heterocycles. The zero-order valence-electron chi connectivity index (χ0n) is 18.9. The number of amides is 1. The molecule has 2 atom stereocenters. The van der Waals surface area contributed by atoms with Crippen LogP contribution in [0.25, 0.3) is 11.4 Å². The van der Waals surface area contributed by atoms with Crippen molar-refractivity contribution in [2.45, 2.75) is 58.7 Å². The van der Waals surface area contributed by atoms with Gasteiger partial charge < -0.3 is 9.30 Å². The van der Waals surface area contributed by atoms with Gasteiger partial charge in [-0.15, -0.1) is 10.2 Å². The Labute approximate surface area is 188 Å². The standard InChI is InChI=1S/C23H31N5O2S/c1-6-28-20(15-7-9-17(30-5)10-8-15)26-27-21(28)31-14-19(29)25-24-18-13-16-11-12-23(18,4)22(16,2)3/h7-10,16H,6,11-14H2,1-5H3,(H,25,29)/b24-18+. The lowest BCUT2D eigenvalue weighted by Crippen LogP contribution is -2.34. The fourth-order valence-corrected chi connectivity index (χ4v) is 5.82. The van der Waals surface area contributed by atoms with Crippen molar-refractivity contribution in [2.75, 3.05) is 12.9 Å². The highest BCUT2D eigenvalue weighted by Crippen LogP contribution is 2.63. The van der Waals surface area contributed by atoms with Crippen molar-refractivity contribution in [1.82, 2.24) is 20.2 Å². The summed E-state index contributed by atoms with van der Waals surface area (Å²) < 4.78 is 7.24. The fraction of sp³-hybridized carbons (Fsp3) is 0.565. The molecule has 0 aliphatic heterocycles. The summed E-state index contributed by atoms with van der Waals surface area (Å²) in [6, 6.07) is 7.73. The molecule has 2 saturated carbocycles. The van der Waals surface area contributed by atoms with Gasteiger partial charge in [-0.1, -0.05) is 32.5 Å². The summed E-state index contributed by atoms with van der Waals surface area (Å²) >= 11 is 1.38. The van der Waals surface area contributed by atoms with Crippen molar-refractivity contribution in [3.63, 3.8) is 0 Å². The number of rotatable bonds is 7. The van der Waals surface area contributed by atoms with Crippen LogP contribution in [-0.2, 0) is 11.3 Å². The minimum absolute atomic E-state index is 0.0910. The lowest BCUT2D eigenvalue weighted by Gasteiger charge is -2.34. The van der Waals surface area contributed by atoms with E-state index in [1.165, 1.54) is 18.2 Å². The number of hydrazone groups is 1. The van der Waals surface area contributed by atoms with E-state index in [0.717, 1.165) is 47.4 Å². The minimum Gasteiger partial charge on any atom is -0.497 e. The number of hydrogen-bond donors (Lipinski definition) is 1. The Morgan fingerprint density at radius 2 is 2.03 bits per heavy atom. The first-order valence-corrected chi connectivity index (χ1v) is 11.8. The third-order valence-corrected chi connectivity index (χ3v) is 8.51. The Kier molecular flexibility index (Phi) is 5.85. The Morgan fingerprint density at radius 3 is 2.61 bits per heavy atom. The summed E-state index contributed by atoms with van der Waals surface area (Å²) in [5, 5.41) is 13.9. The van der Waals surface area contributed by atoms with Crippen LogP contribution in [0, 0.1) is 16.7 Å². The second kappa shape index (κ2) is 8.30. The number of ether oxygens (including phenoxy) is 1. The molecule has 1 amide bonds. The van der Waals surface area contributed by atoms with Crippen molar-refractivity contribution in [2.24, 2.45) is 21.8 Å². The molecule has 2 aromatic rings. The molecule has 8 heteroatoms. The normalized spacial score (nSPS) is 25.2. The zero-order chi connectivity index (χ0) is 22.2. The predicted molar refractivity (Wildman–Crippen MR) is 123 cm³/mol. The zero-order valence-corrected chi connectivity index (χ0v) is 19.8. The molecule has 31 heavy (non-hydrogen) atoms. The van der Waals surface area contributed by atoms with Crippen LogP contribution in [0.5, 0.6) is 5.75 Å². The highest BCUT2D eigenvalue weighted by atomic mass is 32.2. The monoisotopic (exact) mass is 441 g/mol. The molecule has 7 nitrogen and oxygen atoms in total. The van der Waals surface area contributed by atoms with Gasteiger partial charge in [-0.25, -0.2) is 5.43 Å². The molecular formula is C23H31N5O2S. The van der Waals surface area contributed by atoms with E-state index in [1.807, 2.05) is 35.8 Å². The molecule has 166 valence electrons. The van der Waals surface area contributed by atoms with Crippen molar-refractivity contribution in [3.8, 4) is 17.1 Å². The first-order valence-electron chi connectivity index (χ1n) is 10.9. The lowest BCUT2D eigenvalue weighted by molar-refractivity contribution is -0.118. The molecule has 2 bridgehead atoms. The van der Waals surface area contributed by atoms with Crippen LogP contribution in [0.3, 0.4) is 0 Å². The van der Waals surface area contributed by atoms with Gasteiger partial charge in [-0.05, 0) is 61.8 Å². The second-order valence-corrected chi connectivity index (χ2v) is 10.1. The maximum atomic E-state index is 12.5. The number of fused-ring (bicyclic) bond motifs is 2. The number of hydrogen-bond acceptors (Lipinski definition) is 6. The fourth-order valence-electron chi connectivity index (χ4n) is 5.02. The maximum Gasteiger partial charge on any atom is 0.250 e. The molecule has 0 radical (unpaired) electrons. The van der Waals surface area contributed by atoms with E-state index in [2.05, 4.69) is 41.5 Å². The van der Waals surface area contributed by atoms with Gasteiger partial charge in [0, 0.05) is 23.2 Å². The number of aromatic nitrogens is 3. The number of methoxy groups -OCH3 is 1. The highest BCUT2D eigenvalue weighted by molar-refractivity contribution is 7.99. The van der Waals surface area contributed by atoms with Gasteiger partial charge in [0.15, 0.2) is 11.0 Å². The minimum atomic E-state index is -0.113. The van der Waals surface area contributed by atoms with E-state index in [9.17, 15) is 4.79 Å². The number of thioether (sulfide) groups is 1. The third-order valence-electron chi connectivity index (χ3n) is 7.54. The van der Waals surface area contributed by atoms with Crippen LogP contribution < -0.4 is 10.2 Å². The number of nitrogens with one attached hydrogen (secondary N) is 1. The molecule has 2 aliphatic rings. The van der Waals surface area contributed by atoms with E-state index >= 15 is 0 Å². The Bertz CT molecular complexity index is 998. The molecule has 2 unspecified atom stereocenters. The highest BCUT2D eigenvalue weighted by Gasteiger charge is 2.60. The average Bonchev–Trinajstić information content (AvgIpc) is 3.34. The maximum absolute atomic E-state index is 12.5. The van der Waals surface area contributed by atoms with Gasteiger partial charge in [-0.3, -0.25) is 4.79 Å². The van der Waals surface area contributed by atoms with Gasteiger partial charge >= 0.3 is 0 Å². The largest absolute Gasteiger partial charge is 0.497 e. The molecule has 1 aromatic carbocycles. The van der Waals surface area contributed by atoms with E-state index in [0.29, 0.717) is 5.92 Å². The molecule has 1 N–H and O–H groups in total. The smallest absolute Gasteiger partial charge is 0.250 e. The van der Waals surface area contributed by atoms with Gasteiger partial charge in [0.1, 0.15) is 5.75 Å². The van der Waals surface area contributed by atoms with Crippen molar-refractivity contribution >= 4 is 23.4 Å². The first-order chi connectivity index (χ1) is 14.8. The van der Waals surface area contributed by atoms with Crippen LogP contribution in [-0.4, -0.2) is 39.2 Å². The van der Waals surface area contributed by atoms with E-state index in [-0.39, 0.29) is 22.5 Å². The third kappa shape index (κ3) is 3.75. The molecular weight excluding hydrogens is 410 g/mol. The number of carbonyl (C=O) groups is 1. The van der Waals surface area contributed by atoms with Crippen molar-refractivity contribution in [1.29, 1.82) is 0 Å². The van der Waals surface area contributed by atoms with Crippen LogP contribution in [0.2, 0.25) is 0 Å². The average molecular weight is 442 g/mol. The number of carbonyl (C=O) groups excluding carboxylic acids is 1. The first kappa shape index (κ1) is 21.9. The van der Waals surface area contributed by atoms with Gasteiger partial charge in [0.05, 0.1) is 12.9 Å². The van der Waals surface area contributed by atoms with Gasteiger partial charge in [0.25, 0.3) is 5.91 Å². The molecule has 0 saturated heterocycles. The topological polar surface area (TPSA) is 81.4 Å². The Morgan fingerprint density at radius 1 is 1.29 bits per heavy atom. The summed E-state index contributed by atoms with van der Waals surface area (Å²) in [5.41, 5.74) is 5.24. The van der Waals surface area contributed by atoms with E-state index < -0.39 is 0 Å². The van der Waals surface area contributed by atoms with Gasteiger partial charge in [0.2, 0.25) is 0 Å². The molecule has 4 rings (SSSR count). The molecule has 2 fully saturated rings. The Hall–Kier alpha value is -2.35. The molecule has 0 spiro atoms. The SMILES string of the molecule is CCn1c(SCC(=O)N/N=C2\CC3CCC2(C)C3(C)C)nnc1-c1ccc(OC)cc1. The van der Waals surface area contributed by atoms with Crippen LogP contribution in [0.4, 0.5) is 0 Å². The van der Waals surface area contributed by atoms with E-state index in [1.54, 1.807) is 7.11 Å². The van der Waals surface area contributed by atoms with Crippen LogP contribution in [0.15, 0.2) is 34.5 Å². The lowest BCUT2D eigenvalue weighted by atomic mass is 9.70. The second-order valence-electron chi connectivity index (χ2n) is 9.15. The quantitative estimate of drug-likeness (QED) is 0.509. The van der Waals surface area contributed by atoms with E-state index in [4.69, 9.17) is 4.74 Å². The van der Waals surface area contributed by atoms with Crippen LogP contribution >= 0.6 is 11.8 Å². The van der Waals surface area contributed by atoms with Gasteiger partial charge in [-0.2, -0.15) is 5.10 Å². The van der Waals surface area contributed by atoms with Crippen molar-refractivity contribution in [3.05, 3.63) is 24.3 Å². The summed E-state index contributed by atoms with van der Waals surface area (Å²) in [4.78, 5) is 12.5. The molecule has 2 aliphatic carbocycles. The summed E-state index contributed by atoms with van der Waals surface area (Å²) in [7, 11) is 1.65. The summed E-state index contributed by atoms with van der Waals surface area (Å²) in [6.07, 6.45) is 3.41. The predicted octanol–water partition coefficient (Wildman–Crippen LogP) is 4.38.